The first kappa shape index (κ1) is 40.2. The van der Waals surface area contributed by atoms with E-state index in [9.17, 15) is 0 Å². The van der Waals surface area contributed by atoms with Crippen molar-refractivity contribution in [3.63, 3.8) is 0 Å². The molecule has 298 valence electrons. The van der Waals surface area contributed by atoms with Crippen molar-refractivity contribution in [3.8, 4) is 71.4 Å². The fourth-order valence-electron chi connectivity index (χ4n) is 7.39. The van der Waals surface area contributed by atoms with E-state index in [-0.39, 0.29) is 5.78 Å². The maximum atomic E-state index is 15.0. The van der Waals surface area contributed by atoms with Crippen molar-refractivity contribution in [1.82, 2.24) is 0 Å². The molecule has 64 heavy (non-hydrogen) atoms. The van der Waals surface area contributed by atoms with Gasteiger partial charge in [0.25, 0.3) is 0 Å². The molecule has 0 aliphatic heterocycles. The van der Waals surface area contributed by atoms with Gasteiger partial charge in [0.15, 0.2) is 5.78 Å². The third-order valence-corrected chi connectivity index (χ3v) is 10.6. The molecule has 9 rings (SSSR count). The van der Waals surface area contributed by atoms with Crippen LogP contribution in [0.3, 0.4) is 0 Å². The average Bonchev–Trinajstić information content (AvgIpc) is 3.66. The van der Waals surface area contributed by atoms with E-state index in [2.05, 4.69) is 35.5 Å². The standard InChI is InChI=1S/C61H36O3/c1-3-43-19-27-51(28-20-43)59-57(49-31-39-55(40-32-49)63-53-35-23-47(24-36-53)17-15-45-11-7-5-8-12-45)58(60(61(59)62)52-29-21-44(4-2)22-30-52)50-33-41-56(42-34-50)64-54-37-25-48(26-38-54)18-16-46-13-9-6-10-14-46/h1-2,5-14,19-42H. The number of rotatable bonds is 8. The topological polar surface area (TPSA) is 35.5 Å². The Morgan fingerprint density at radius 3 is 0.844 bits per heavy atom. The summed E-state index contributed by atoms with van der Waals surface area (Å²) in [7, 11) is 0. The second kappa shape index (κ2) is 18.6. The molecular weight excluding hydrogens is 781 g/mol. The molecule has 0 heterocycles. The monoisotopic (exact) mass is 816 g/mol. The lowest BCUT2D eigenvalue weighted by atomic mass is 9.89. The summed E-state index contributed by atoms with van der Waals surface area (Å²) in [5, 5.41) is 0. The molecule has 0 amide bonds. The van der Waals surface area contributed by atoms with Gasteiger partial charge in [-0.2, -0.15) is 0 Å². The summed E-state index contributed by atoms with van der Waals surface area (Å²) in [6, 6.07) is 65.8. The van der Waals surface area contributed by atoms with Gasteiger partial charge < -0.3 is 9.47 Å². The van der Waals surface area contributed by atoms with Gasteiger partial charge in [-0.05, 0) is 144 Å². The summed E-state index contributed by atoms with van der Waals surface area (Å²) in [4.78, 5) is 15.0. The smallest absolute Gasteiger partial charge is 0.195 e. The maximum absolute atomic E-state index is 15.0. The van der Waals surface area contributed by atoms with Crippen molar-refractivity contribution in [2.45, 2.75) is 0 Å². The van der Waals surface area contributed by atoms with Crippen molar-refractivity contribution in [2.75, 3.05) is 0 Å². The number of hydrogen-bond acceptors (Lipinski definition) is 3. The van der Waals surface area contributed by atoms with Crippen LogP contribution < -0.4 is 9.47 Å². The lowest BCUT2D eigenvalue weighted by Gasteiger charge is -2.15. The van der Waals surface area contributed by atoms with Crippen molar-refractivity contribution in [1.29, 1.82) is 0 Å². The third-order valence-electron chi connectivity index (χ3n) is 10.6. The van der Waals surface area contributed by atoms with E-state index in [0.717, 1.165) is 66.8 Å². The molecular formula is C61H36O3. The van der Waals surface area contributed by atoms with Gasteiger partial charge in [-0.3, -0.25) is 4.79 Å². The predicted octanol–water partition coefficient (Wildman–Crippen LogP) is 13.1. The number of benzene rings is 8. The lowest BCUT2D eigenvalue weighted by molar-refractivity contribution is -0.108. The molecule has 0 radical (unpaired) electrons. The van der Waals surface area contributed by atoms with Gasteiger partial charge in [-0.25, -0.2) is 0 Å². The van der Waals surface area contributed by atoms with Crippen molar-refractivity contribution < 1.29 is 14.3 Å². The molecule has 8 aromatic carbocycles. The SMILES string of the molecule is C#Cc1ccc(C2=C(c3ccc(Oc4ccc(C#Cc5ccccc5)cc4)cc3)C(c3ccc(Oc4ccc(C#Cc5ccccc5)cc4)cc3)=C(c3ccc(C#C)cc3)C2=O)cc1. The summed E-state index contributed by atoms with van der Waals surface area (Å²) >= 11 is 0. The van der Waals surface area contributed by atoms with E-state index < -0.39 is 0 Å². The molecule has 0 unspecified atom stereocenters. The molecule has 1 aliphatic rings. The predicted molar refractivity (Wildman–Crippen MR) is 258 cm³/mol. The molecule has 0 spiro atoms. The Hall–Kier alpha value is -9.25. The van der Waals surface area contributed by atoms with Gasteiger partial charge in [0.2, 0.25) is 0 Å². The van der Waals surface area contributed by atoms with Crippen LogP contribution in [-0.4, -0.2) is 5.78 Å². The summed E-state index contributed by atoms with van der Waals surface area (Å²) in [5.41, 5.74) is 11.0. The zero-order chi connectivity index (χ0) is 43.7. The van der Waals surface area contributed by atoms with Gasteiger partial charge >= 0.3 is 0 Å². The number of carbonyl (C=O) groups excluding carboxylic acids is 1. The molecule has 0 saturated heterocycles. The van der Waals surface area contributed by atoms with Crippen molar-refractivity contribution >= 4 is 28.1 Å². The molecule has 8 aromatic rings. The number of ether oxygens (including phenoxy) is 2. The first-order chi connectivity index (χ1) is 31.5. The van der Waals surface area contributed by atoms with Crippen molar-refractivity contribution in [2.24, 2.45) is 0 Å². The molecule has 0 N–H and O–H groups in total. The molecule has 1 aliphatic carbocycles. The molecule has 0 aromatic heterocycles. The van der Waals surface area contributed by atoms with E-state index in [1.807, 2.05) is 206 Å². The van der Waals surface area contributed by atoms with Crippen molar-refractivity contribution in [3.05, 3.63) is 262 Å². The van der Waals surface area contributed by atoms with Crippen LogP contribution in [0.4, 0.5) is 0 Å². The van der Waals surface area contributed by atoms with E-state index in [4.69, 9.17) is 22.3 Å². The summed E-state index contributed by atoms with van der Waals surface area (Å²) in [6.07, 6.45) is 11.5. The number of allylic oxidation sites excluding steroid dienone is 4. The fourth-order valence-corrected chi connectivity index (χ4v) is 7.39. The van der Waals surface area contributed by atoms with Crippen LogP contribution in [-0.2, 0) is 4.79 Å². The van der Waals surface area contributed by atoms with E-state index in [0.29, 0.717) is 34.1 Å². The summed E-state index contributed by atoms with van der Waals surface area (Å²) in [5.74, 6) is 20.7. The molecule has 0 saturated carbocycles. The Morgan fingerprint density at radius 1 is 0.281 bits per heavy atom. The summed E-state index contributed by atoms with van der Waals surface area (Å²) in [6.45, 7) is 0. The normalized spacial score (nSPS) is 11.7. The average molecular weight is 817 g/mol. The second-order valence-electron chi connectivity index (χ2n) is 14.8. The van der Waals surface area contributed by atoms with E-state index in [1.54, 1.807) is 0 Å². The van der Waals surface area contributed by atoms with Gasteiger partial charge in [0.05, 0.1) is 0 Å². The Bertz CT molecular complexity index is 3040. The molecule has 0 fully saturated rings. The highest BCUT2D eigenvalue weighted by Crippen LogP contribution is 2.50. The Morgan fingerprint density at radius 2 is 0.531 bits per heavy atom. The van der Waals surface area contributed by atoms with E-state index in [1.165, 1.54) is 0 Å². The minimum atomic E-state index is -0.113. The minimum absolute atomic E-state index is 0.113. The number of hydrogen-bond donors (Lipinski definition) is 0. The quantitative estimate of drug-likeness (QED) is 0.143. The van der Waals surface area contributed by atoms with Crippen LogP contribution >= 0.6 is 0 Å². The van der Waals surface area contributed by atoms with Crippen LogP contribution in [0.25, 0.3) is 22.3 Å². The lowest BCUT2D eigenvalue weighted by Crippen LogP contribution is -2.02. The van der Waals surface area contributed by atoms with Crippen LogP contribution in [0.2, 0.25) is 0 Å². The van der Waals surface area contributed by atoms with Gasteiger partial charge in [-0.1, -0.05) is 120 Å². The highest BCUT2D eigenvalue weighted by Gasteiger charge is 2.35. The Labute approximate surface area is 374 Å². The van der Waals surface area contributed by atoms with Crippen LogP contribution in [0.1, 0.15) is 55.6 Å². The Kier molecular flexibility index (Phi) is 11.7. The van der Waals surface area contributed by atoms with Gasteiger partial charge in [0, 0.05) is 55.7 Å². The highest BCUT2D eigenvalue weighted by molar-refractivity contribution is 6.59. The molecule has 0 bridgehead atoms. The molecule has 0 atom stereocenters. The fraction of sp³-hybridized carbons (Fsp3) is 0. The number of terminal acetylenes is 2. The number of ketones is 1. The van der Waals surface area contributed by atoms with E-state index >= 15 is 4.79 Å². The van der Waals surface area contributed by atoms with Crippen LogP contribution in [0.15, 0.2) is 206 Å². The maximum Gasteiger partial charge on any atom is 0.195 e. The third kappa shape index (κ3) is 9.08. The zero-order valence-corrected chi connectivity index (χ0v) is 34.5. The molecule has 3 heteroatoms. The van der Waals surface area contributed by atoms with Crippen LogP contribution in [0, 0.1) is 48.4 Å². The number of carbonyl (C=O) groups is 1. The van der Waals surface area contributed by atoms with Gasteiger partial charge in [0.1, 0.15) is 23.0 Å². The largest absolute Gasteiger partial charge is 0.457 e. The first-order valence-electron chi connectivity index (χ1n) is 20.6. The van der Waals surface area contributed by atoms with Gasteiger partial charge in [-0.15, -0.1) is 12.8 Å². The van der Waals surface area contributed by atoms with Crippen LogP contribution in [0.5, 0.6) is 23.0 Å². The minimum Gasteiger partial charge on any atom is -0.457 e. The zero-order valence-electron chi connectivity index (χ0n) is 34.5. The summed E-state index contributed by atoms with van der Waals surface area (Å²) < 4.78 is 12.6. The number of Topliss-reactive ketones (excluding diaryl/α,β-unsaturated/α-hetero) is 1. The molecule has 3 nitrogen and oxygen atoms in total. The second-order valence-corrected chi connectivity index (χ2v) is 14.8. The highest BCUT2D eigenvalue weighted by atomic mass is 16.5. The Balaban J connectivity index is 1.06. The first-order valence-corrected chi connectivity index (χ1v) is 20.6.